The molecule has 0 radical (unpaired) electrons. The van der Waals surface area contributed by atoms with Crippen LogP contribution in [0.1, 0.15) is 10.6 Å². The number of methoxy groups -OCH3 is 1. The van der Waals surface area contributed by atoms with Crippen molar-refractivity contribution >= 4 is 17.2 Å². The lowest BCUT2D eigenvalue weighted by Gasteiger charge is -2.03. The molecule has 0 amide bonds. The summed E-state index contributed by atoms with van der Waals surface area (Å²) in [5, 5.41) is 0. The Bertz CT molecular complexity index is 496. The summed E-state index contributed by atoms with van der Waals surface area (Å²) < 4.78 is 5.04. The second-order valence-electron chi connectivity index (χ2n) is 3.45. The van der Waals surface area contributed by atoms with E-state index in [4.69, 9.17) is 10.5 Å². The summed E-state index contributed by atoms with van der Waals surface area (Å²) in [6.45, 7) is 2.50. The molecule has 2 aromatic rings. The van der Waals surface area contributed by atoms with Crippen LogP contribution in [0.25, 0.3) is 10.7 Å². The first-order valence-electron chi connectivity index (χ1n) is 4.88. The van der Waals surface area contributed by atoms with Gasteiger partial charge in [-0.1, -0.05) is 0 Å². The normalized spacial score (nSPS) is 10.6. The Kier molecular flexibility index (Phi) is 3.17. The number of aryl methyl sites for hydroxylation is 1. The minimum Gasteiger partial charge on any atom is -0.384 e. The van der Waals surface area contributed by atoms with E-state index in [9.17, 15) is 0 Å². The average Bonchev–Trinajstić information content (AvgIpc) is 2.64. The van der Waals surface area contributed by atoms with Gasteiger partial charge in [0.05, 0.1) is 17.2 Å². The largest absolute Gasteiger partial charge is 0.384 e. The molecule has 0 unspecified atom stereocenters. The van der Waals surface area contributed by atoms with Crippen LogP contribution in [0, 0.1) is 6.92 Å². The molecule has 0 bridgehead atoms. The van der Waals surface area contributed by atoms with Gasteiger partial charge in [0.15, 0.2) is 5.82 Å². The number of thiophene rings is 1. The highest BCUT2D eigenvalue weighted by molar-refractivity contribution is 7.15. The number of ether oxygens (including phenoxy) is 1. The van der Waals surface area contributed by atoms with Gasteiger partial charge in [-0.15, -0.1) is 11.3 Å². The van der Waals surface area contributed by atoms with Crippen LogP contribution in [-0.4, -0.2) is 17.1 Å². The van der Waals surface area contributed by atoms with E-state index < -0.39 is 0 Å². The minimum absolute atomic E-state index is 0.448. The molecule has 0 fully saturated rings. The molecule has 2 aromatic heterocycles. The fraction of sp³-hybridized carbons (Fsp3) is 0.273. The van der Waals surface area contributed by atoms with E-state index >= 15 is 0 Å². The van der Waals surface area contributed by atoms with Crippen LogP contribution in [0.15, 0.2) is 18.2 Å². The zero-order valence-electron chi connectivity index (χ0n) is 9.23. The summed E-state index contributed by atoms with van der Waals surface area (Å²) in [4.78, 5) is 10.9. The lowest BCUT2D eigenvalue weighted by molar-refractivity contribution is 0.181. The van der Waals surface area contributed by atoms with E-state index in [1.807, 2.05) is 12.1 Å². The van der Waals surface area contributed by atoms with Gasteiger partial charge in [-0.25, -0.2) is 9.97 Å². The number of hydrogen-bond donors (Lipinski definition) is 1. The van der Waals surface area contributed by atoms with E-state index in [1.165, 1.54) is 4.88 Å². The summed E-state index contributed by atoms with van der Waals surface area (Å²) in [6.07, 6.45) is 0. The van der Waals surface area contributed by atoms with Crippen LogP contribution >= 0.6 is 11.3 Å². The van der Waals surface area contributed by atoms with Crippen LogP contribution in [0.4, 0.5) is 5.82 Å². The molecule has 4 nitrogen and oxygen atoms in total. The maximum Gasteiger partial charge on any atom is 0.171 e. The Morgan fingerprint density at radius 2 is 2.19 bits per heavy atom. The van der Waals surface area contributed by atoms with Crippen molar-refractivity contribution in [2.75, 3.05) is 12.8 Å². The molecule has 0 saturated carbocycles. The van der Waals surface area contributed by atoms with Gasteiger partial charge < -0.3 is 10.5 Å². The van der Waals surface area contributed by atoms with Crippen LogP contribution in [0.2, 0.25) is 0 Å². The van der Waals surface area contributed by atoms with Gasteiger partial charge in [-0.3, -0.25) is 0 Å². The van der Waals surface area contributed by atoms with Gasteiger partial charge in [-0.05, 0) is 19.1 Å². The van der Waals surface area contributed by atoms with Gasteiger partial charge in [0.25, 0.3) is 0 Å². The van der Waals surface area contributed by atoms with Crippen molar-refractivity contribution in [2.45, 2.75) is 13.5 Å². The van der Waals surface area contributed by atoms with Gasteiger partial charge in [-0.2, -0.15) is 0 Å². The first-order valence-corrected chi connectivity index (χ1v) is 5.70. The van der Waals surface area contributed by atoms with E-state index in [0.29, 0.717) is 18.2 Å². The van der Waals surface area contributed by atoms with Crippen LogP contribution in [0.5, 0.6) is 0 Å². The van der Waals surface area contributed by atoms with Gasteiger partial charge in [0, 0.05) is 18.1 Å². The summed E-state index contributed by atoms with van der Waals surface area (Å²) >= 11 is 1.65. The first-order chi connectivity index (χ1) is 7.69. The number of nitrogens with zero attached hydrogens (tertiary/aromatic N) is 2. The van der Waals surface area contributed by atoms with E-state index in [-0.39, 0.29) is 0 Å². The fourth-order valence-electron chi connectivity index (χ4n) is 1.41. The molecule has 0 aromatic carbocycles. The predicted octanol–water partition coefficient (Wildman–Crippen LogP) is 2.24. The molecule has 0 saturated heterocycles. The molecule has 16 heavy (non-hydrogen) atoms. The first kappa shape index (κ1) is 11.0. The van der Waals surface area contributed by atoms with Crippen molar-refractivity contribution < 1.29 is 4.74 Å². The standard InChI is InChI=1S/C11H13N3OS/c1-7-3-4-9(16-7)11-13-8(6-15-2)5-10(12)14-11/h3-5H,6H2,1-2H3,(H2,12,13,14). The van der Waals surface area contributed by atoms with Crippen LogP contribution in [-0.2, 0) is 11.3 Å². The molecular weight excluding hydrogens is 222 g/mol. The molecular formula is C11H13N3OS. The molecule has 5 heteroatoms. The molecule has 0 atom stereocenters. The van der Waals surface area contributed by atoms with E-state index in [0.717, 1.165) is 10.6 Å². The van der Waals surface area contributed by atoms with Crippen molar-refractivity contribution in [3.8, 4) is 10.7 Å². The minimum atomic E-state index is 0.448. The fourth-order valence-corrected chi connectivity index (χ4v) is 2.21. The quantitative estimate of drug-likeness (QED) is 0.886. The Hall–Kier alpha value is -1.46. The summed E-state index contributed by atoms with van der Waals surface area (Å²) in [7, 11) is 1.63. The SMILES string of the molecule is COCc1cc(N)nc(-c2ccc(C)s2)n1. The molecule has 2 rings (SSSR count). The van der Waals surface area contributed by atoms with Gasteiger partial charge in [0.1, 0.15) is 5.82 Å². The van der Waals surface area contributed by atoms with Crippen molar-refractivity contribution in [1.29, 1.82) is 0 Å². The second-order valence-corrected chi connectivity index (χ2v) is 4.74. The number of nitrogens with two attached hydrogens (primary N) is 1. The zero-order valence-corrected chi connectivity index (χ0v) is 10.0. The third kappa shape index (κ3) is 2.37. The topological polar surface area (TPSA) is 61.0 Å². The predicted molar refractivity (Wildman–Crippen MR) is 65.2 cm³/mol. The number of rotatable bonds is 3. The van der Waals surface area contributed by atoms with Gasteiger partial charge in [0.2, 0.25) is 0 Å². The maximum absolute atomic E-state index is 5.73. The molecule has 0 spiro atoms. The monoisotopic (exact) mass is 235 g/mol. The Morgan fingerprint density at radius 3 is 2.81 bits per heavy atom. The molecule has 2 N–H and O–H groups in total. The summed E-state index contributed by atoms with van der Waals surface area (Å²) in [5.74, 6) is 1.15. The summed E-state index contributed by atoms with van der Waals surface area (Å²) in [6, 6.07) is 5.78. The molecule has 0 aliphatic heterocycles. The Morgan fingerprint density at radius 1 is 1.38 bits per heavy atom. The van der Waals surface area contributed by atoms with Crippen molar-refractivity contribution in [3.63, 3.8) is 0 Å². The Balaban J connectivity index is 2.40. The maximum atomic E-state index is 5.73. The number of aromatic nitrogens is 2. The number of hydrogen-bond acceptors (Lipinski definition) is 5. The van der Waals surface area contributed by atoms with E-state index in [1.54, 1.807) is 24.5 Å². The molecule has 0 aliphatic carbocycles. The Labute approximate surface area is 98.1 Å². The van der Waals surface area contributed by atoms with E-state index in [2.05, 4.69) is 16.9 Å². The number of anilines is 1. The lowest BCUT2D eigenvalue weighted by atomic mass is 10.3. The van der Waals surface area contributed by atoms with Crippen molar-refractivity contribution in [2.24, 2.45) is 0 Å². The third-order valence-electron chi connectivity index (χ3n) is 2.05. The molecule has 2 heterocycles. The average molecular weight is 235 g/mol. The molecule has 0 aliphatic rings. The van der Waals surface area contributed by atoms with Crippen molar-refractivity contribution in [1.82, 2.24) is 9.97 Å². The highest BCUT2D eigenvalue weighted by Crippen LogP contribution is 2.25. The lowest BCUT2D eigenvalue weighted by Crippen LogP contribution is -2.00. The number of nitrogen functional groups attached to an aromatic ring is 1. The highest BCUT2D eigenvalue weighted by Gasteiger charge is 2.07. The smallest absolute Gasteiger partial charge is 0.171 e. The summed E-state index contributed by atoms with van der Waals surface area (Å²) in [5.41, 5.74) is 6.53. The highest BCUT2D eigenvalue weighted by atomic mass is 32.1. The van der Waals surface area contributed by atoms with Crippen LogP contribution < -0.4 is 5.73 Å². The third-order valence-corrected chi connectivity index (χ3v) is 3.05. The zero-order chi connectivity index (χ0) is 11.5. The second kappa shape index (κ2) is 4.59. The van der Waals surface area contributed by atoms with Crippen LogP contribution in [0.3, 0.4) is 0 Å². The van der Waals surface area contributed by atoms with Crippen molar-refractivity contribution in [3.05, 3.63) is 28.8 Å². The van der Waals surface area contributed by atoms with Gasteiger partial charge >= 0.3 is 0 Å². The molecule has 84 valence electrons.